The number of amides is 2. The Bertz CT molecular complexity index is 883. The van der Waals surface area contributed by atoms with Crippen molar-refractivity contribution in [3.8, 4) is 11.3 Å². The maximum atomic E-state index is 13.5. The lowest BCUT2D eigenvalue weighted by molar-refractivity contribution is -0.139. The molecular weight excluding hydrogens is 352 g/mol. The number of benzene rings is 1. The fourth-order valence-electron chi connectivity index (χ4n) is 4.35. The van der Waals surface area contributed by atoms with Gasteiger partial charge in [0.25, 0.3) is 5.91 Å². The predicted molar refractivity (Wildman–Crippen MR) is 107 cm³/mol. The quantitative estimate of drug-likeness (QED) is 0.820. The fraction of sp³-hybridized carbons (Fsp3) is 0.455. The summed E-state index contributed by atoms with van der Waals surface area (Å²) in [7, 11) is 0. The van der Waals surface area contributed by atoms with Crippen LogP contribution in [0.1, 0.15) is 42.4 Å². The highest BCUT2D eigenvalue weighted by atomic mass is 16.2. The molecule has 3 aliphatic rings. The van der Waals surface area contributed by atoms with E-state index in [4.69, 9.17) is 0 Å². The van der Waals surface area contributed by atoms with Crippen LogP contribution in [0.25, 0.3) is 11.3 Å². The Morgan fingerprint density at radius 1 is 1.18 bits per heavy atom. The number of nitrogens with zero attached hydrogens (tertiary/aromatic N) is 4. The van der Waals surface area contributed by atoms with Crippen LogP contribution in [0.4, 0.5) is 0 Å². The van der Waals surface area contributed by atoms with Gasteiger partial charge in [-0.15, -0.1) is 0 Å². The molecule has 6 nitrogen and oxygen atoms in total. The van der Waals surface area contributed by atoms with Crippen LogP contribution in [0, 0.1) is 12.8 Å². The molecule has 0 saturated carbocycles. The van der Waals surface area contributed by atoms with E-state index in [-0.39, 0.29) is 23.8 Å². The average Bonchev–Trinajstić information content (AvgIpc) is 3.01. The van der Waals surface area contributed by atoms with Gasteiger partial charge in [-0.3, -0.25) is 9.59 Å². The third-order valence-electron chi connectivity index (χ3n) is 5.73. The van der Waals surface area contributed by atoms with E-state index in [2.05, 4.69) is 16.9 Å². The monoisotopic (exact) mass is 378 g/mol. The SMILES string of the molecule is CCCN1C(=O)[C@H]2CC[C@@H]1CN(C(=O)c1cnc(C)nc1-c1ccccc1)C2. The van der Waals surface area contributed by atoms with Gasteiger partial charge in [-0.2, -0.15) is 0 Å². The second-order valence-corrected chi connectivity index (χ2v) is 7.72. The Morgan fingerprint density at radius 2 is 1.96 bits per heavy atom. The zero-order chi connectivity index (χ0) is 19.7. The third-order valence-corrected chi connectivity index (χ3v) is 5.73. The zero-order valence-electron chi connectivity index (χ0n) is 16.5. The highest BCUT2D eigenvalue weighted by molar-refractivity contribution is 6.00. The average molecular weight is 378 g/mol. The molecule has 6 heteroatoms. The Morgan fingerprint density at radius 3 is 2.71 bits per heavy atom. The molecule has 1 aromatic carbocycles. The number of carbonyl (C=O) groups excluding carboxylic acids is 2. The second-order valence-electron chi connectivity index (χ2n) is 7.72. The highest BCUT2D eigenvalue weighted by Gasteiger charge is 2.41. The maximum absolute atomic E-state index is 13.5. The lowest BCUT2D eigenvalue weighted by Crippen LogP contribution is -2.48. The van der Waals surface area contributed by atoms with Crippen molar-refractivity contribution >= 4 is 11.8 Å². The van der Waals surface area contributed by atoms with Crippen LogP contribution in [0.3, 0.4) is 0 Å². The van der Waals surface area contributed by atoms with Crippen LogP contribution in [0.5, 0.6) is 0 Å². The molecular formula is C22H26N4O2. The van der Waals surface area contributed by atoms with Gasteiger partial charge in [0.05, 0.1) is 17.2 Å². The van der Waals surface area contributed by atoms with E-state index in [9.17, 15) is 9.59 Å². The van der Waals surface area contributed by atoms with Crippen molar-refractivity contribution in [1.29, 1.82) is 0 Å². The van der Waals surface area contributed by atoms with Crippen molar-refractivity contribution in [3.05, 3.63) is 47.9 Å². The van der Waals surface area contributed by atoms with Gasteiger partial charge >= 0.3 is 0 Å². The molecule has 2 aromatic rings. The molecule has 146 valence electrons. The van der Waals surface area contributed by atoms with Gasteiger partial charge in [0, 0.05) is 37.4 Å². The first-order valence-electron chi connectivity index (χ1n) is 10.1. The Balaban J connectivity index is 1.67. The lowest BCUT2D eigenvalue weighted by atomic mass is 9.94. The Kier molecular flexibility index (Phi) is 5.11. The van der Waals surface area contributed by atoms with Crippen molar-refractivity contribution < 1.29 is 9.59 Å². The van der Waals surface area contributed by atoms with Gasteiger partial charge in [0.15, 0.2) is 0 Å². The van der Waals surface area contributed by atoms with Gasteiger partial charge in [0.2, 0.25) is 5.91 Å². The molecule has 0 radical (unpaired) electrons. The molecule has 0 unspecified atom stereocenters. The van der Waals surface area contributed by atoms with E-state index in [1.165, 1.54) is 0 Å². The van der Waals surface area contributed by atoms with Crippen molar-refractivity contribution in [2.45, 2.75) is 39.2 Å². The van der Waals surface area contributed by atoms with Crippen LogP contribution in [0.2, 0.25) is 0 Å². The summed E-state index contributed by atoms with van der Waals surface area (Å²) < 4.78 is 0. The predicted octanol–water partition coefficient (Wildman–Crippen LogP) is 2.93. The molecule has 0 aliphatic carbocycles. The smallest absolute Gasteiger partial charge is 0.257 e. The standard InChI is InChI=1S/C22H26N4O2/c1-3-11-26-18-10-9-17(21(26)27)13-25(14-18)22(28)19-12-23-15(2)24-20(19)16-7-5-4-6-8-16/h4-8,12,17-18H,3,9-11,13-14H2,1-2H3/t17-,18+/m0/s1. The van der Waals surface area contributed by atoms with Crippen LogP contribution < -0.4 is 0 Å². The summed E-state index contributed by atoms with van der Waals surface area (Å²) in [5.41, 5.74) is 2.07. The fourth-order valence-corrected chi connectivity index (χ4v) is 4.35. The lowest BCUT2D eigenvalue weighted by Gasteiger charge is -2.35. The molecule has 2 bridgehead atoms. The number of piperidine rings is 1. The first kappa shape index (κ1) is 18.6. The number of aromatic nitrogens is 2. The van der Waals surface area contributed by atoms with E-state index >= 15 is 0 Å². The number of carbonyl (C=O) groups is 2. The summed E-state index contributed by atoms with van der Waals surface area (Å²) in [6.45, 7) is 5.75. The summed E-state index contributed by atoms with van der Waals surface area (Å²) in [4.78, 5) is 38.9. The maximum Gasteiger partial charge on any atom is 0.257 e. The molecule has 0 spiro atoms. The van der Waals surface area contributed by atoms with Crippen molar-refractivity contribution in [2.75, 3.05) is 19.6 Å². The Hall–Kier alpha value is -2.76. The summed E-state index contributed by atoms with van der Waals surface area (Å²) in [5.74, 6) is 0.662. The van der Waals surface area contributed by atoms with Gasteiger partial charge < -0.3 is 9.80 Å². The topological polar surface area (TPSA) is 66.4 Å². The molecule has 0 N–H and O–H groups in total. The molecule has 4 heterocycles. The van der Waals surface area contributed by atoms with Crippen molar-refractivity contribution in [3.63, 3.8) is 0 Å². The van der Waals surface area contributed by atoms with Crippen molar-refractivity contribution in [1.82, 2.24) is 19.8 Å². The summed E-state index contributed by atoms with van der Waals surface area (Å²) in [5, 5.41) is 0. The second kappa shape index (κ2) is 7.70. The molecule has 3 saturated heterocycles. The van der Waals surface area contributed by atoms with Crippen LogP contribution >= 0.6 is 0 Å². The minimum Gasteiger partial charge on any atom is -0.338 e. The van der Waals surface area contributed by atoms with Crippen LogP contribution in [0.15, 0.2) is 36.5 Å². The number of aryl methyl sites for hydroxylation is 1. The van der Waals surface area contributed by atoms with E-state index in [1.54, 1.807) is 6.20 Å². The van der Waals surface area contributed by atoms with Crippen LogP contribution in [-0.2, 0) is 4.79 Å². The largest absolute Gasteiger partial charge is 0.338 e. The van der Waals surface area contributed by atoms with Gasteiger partial charge in [-0.1, -0.05) is 37.3 Å². The molecule has 2 atom stereocenters. The van der Waals surface area contributed by atoms with Gasteiger partial charge in [-0.25, -0.2) is 9.97 Å². The van der Waals surface area contributed by atoms with Crippen LogP contribution in [-0.4, -0.2) is 57.3 Å². The highest BCUT2D eigenvalue weighted by Crippen LogP contribution is 2.31. The number of hydrogen-bond donors (Lipinski definition) is 0. The normalized spacial score (nSPS) is 21.7. The minimum absolute atomic E-state index is 0.0816. The minimum atomic E-state index is -0.0965. The Labute approximate surface area is 165 Å². The number of rotatable bonds is 4. The first-order chi connectivity index (χ1) is 13.6. The molecule has 2 amide bonds. The third kappa shape index (κ3) is 3.39. The molecule has 1 aromatic heterocycles. The molecule has 3 fully saturated rings. The summed E-state index contributed by atoms with van der Waals surface area (Å²) >= 11 is 0. The zero-order valence-corrected chi connectivity index (χ0v) is 16.5. The molecule has 28 heavy (non-hydrogen) atoms. The summed E-state index contributed by atoms with van der Waals surface area (Å²) in [6.07, 6.45) is 4.40. The van der Waals surface area contributed by atoms with Gasteiger partial charge in [-0.05, 0) is 26.2 Å². The van der Waals surface area contributed by atoms with E-state index in [0.717, 1.165) is 31.4 Å². The molecule has 5 rings (SSSR count). The first-order valence-corrected chi connectivity index (χ1v) is 10.1. The van der Waals surface area contributed by atoms with Gasteiger partial charge in [0.1, 0.15) is 5.82 Å². The van der Waals surface area contributed by atoms with E-state index in [1.807, 2.05) is 47.1 Å². The summed E-state index contributed by atoms with van der Waals surface area (Å²) in [6, 6.07) is 9.85. The number of fused-ring (bicyclic) bond motifs is 4. The van der Waals surface area contributed by atoms with E-state index < -0.39 is 0 Å². The van der Waals surface area contributed by atoms with E-state index in [0.29, 0.717) is 30.2 Å². The molecule has 3 aliphatic heterocycles. The van der Waals surface area contributed by atoms with Crippen molar-refractivity contribution in [2.24, 2.45) is 5.92 Å². The number of hydrogen-bond acceptors (Lipinski definition) is 4.